The van der Waals surface area contributed by atoms with Crippen molar-refractivity contribution in [1.82, 2.24) is 10.2 Å². The van der Waals surface area contributed by atoms with E-state index in [1.165, 1.54) is 6.42 Å². The van der Waals surface area contributed by atoms with Crippen LogP contribution >= 0.6 is 11.8 Å². The Kier molecular flexibility index (Phi) is 5.47. The molecule has 0 aromatic rings. The molecule has 1 saturated carbocycles. The number of nitrogens with zero attached hydrogens (tertiary/aromatic N) is 2. The summed E-state index contributed by atoms with van der Waals surface area (Å²) in [6, 6.07) is 0. The molecule has 0 aromatic carbocycles. The Labute approximate surface area is 133 Å². The lowest BCUT2D eigenvalue weighted by atomic mass is 9.73. The molecule has 122 valence electrons. The van der Waals surface area contributed by atoms with Crippen LogP contribution < -0.4 is 5.32 Å². The number of hydrogen-bond donors (Lipinski definition) is 2. The van der Waals surface area contributed by atoms with Gasteiger partial charge in [0.15, 0.2) is 5.96 Å². The van der Waals surface area contributed by atoms with E-state index in [4.69, 9.17) is 0 Å². The second-order valence-corrected chi connectivity index (χ2v) is 9.15. The van der Waals surface area contributed by atoms with Crippen LogP contribution in [0.2, 0.25) is 0 Å². The van der Waals surface area contributed by atoms with Crippen LogP contribution in [0.25, 0.3) is 0 Å². The first-order chi connectivity index (χ1) is 9.86. The molecule has 1 aliphatic carbocycles. The van der Waals surface area contributed by atoms with Crippen LogP contribution in [0.1, 0.15) is 46.5 Å². The lowest BCUT2D eigenvalue weighted by Gasteiger charge is -2.42. The van der Waals surface area contributed by atoms with E-state index >= 15 is 0 Å². The number of thioether (sulfide) groups is 1. The summed E-state index contributed by atoms with van der Waals surface area (Å²) in [4.78, 5) is 6.81. The summed E-state index contributed by atoms with van der Waals surface area (Å²) >= 11 is 2.03. The maximum atomic E-state index is 10.3. The molecule has 0 bridgehead atoms. The lowest BCUT2D eigenvalue weighted by molar-refractivity contribution is 0.00364. The van der Waals surface area contributed by atoms with Gasteiger partial charge in [-0.2, -0.15) is 11.8 Å². The monoisotopic (exact) mass is 313 g/mol. The molecule has 2 unspecified atom stereocenters. The van der Waals surface area contributed by atoms with Gasteiger partial charge in [-0.3, -0.25) is 4.99 Å². The molecule has 2 rings (SSSR count). The predicted octanol–water partition coefficient (Wildman–Crippen LogP) is 2.33. The van der Waals surface area contributed by atoms with Crippen LogP contribution in [-0.2, 0) is 0 Å². The van der Waals surface area contributed by atoms with Crippen LogP contribution in [0.15, 0.2) is 4.99 Å². The molecule has 2 atom stereocenters. The average molecular weight is 314 g/mol. The summed E-state index contributed by atoms with van der Waals surface area (Å²) in [5.41, 5.74) is -0.0196. The summed E-state index contributed by atoms with van der Waals surface area (Å²) in [5.74, 6) is 2.13. The highest BCUT2D eigenvalue weighted by Crippen LogP contribution is 2.35. The van der Waals surface area contributed by atoms with Crippen molar-refractivity contribution in [1.29, 1.82) is 0 Å². The SMILES string of the molecule is CN=C(NCC1(C)CCCCC1O)N1CCSC(C)(C)C1. The third-order valence-corrected chi connectivity index (χ3v) is 6.16. The normalized spacial score (nSPS) is 33.9. The van der Waals surface area contributed by atoms with Gasteiger partial charge in [0.2, 0.25) is 0 Å². The largest absolute Gasteiger partial charge is 0.392 e. The summed E-state index contributed by atoms with van der Waals surface area (Å²) in [6.45, 7) is 9.67. The van der Waals surface area contributed by atoms with Crippen LogP contribution in [0, 0.1) is 5.41 Å². The van der Waals surface area contributed by atoms with E-state index in [0.29, 0.717) is 0 Å². The first kappa shape index (κ1) is 16.9. The summed E-state index contributed by atoms with van der Waals surface area (Å²) in [7, 11) is 1.86. The Morgan fingerprint density at radius 2 is 2.14 bits per heavy atom. The molecular weight excluding hydrogens is 282 g/mol. The highest BCUT2D eigenvalue weighted by Gasteiger charge is 2.36. The molecule has 0 radical (unpaired) electrons. The standard InChI is InChI=1S/C16H31N3OS/c1-15(2)12-19(9-10-21-15)14(17-4)18-11-16(3)8-6-5-7-13(16)20/h13,20H,5-12H2,1-4H3,(H,17,18). The lowest BCUT2D eigenvalue weighted by Crippen LogP contribution is -2.54. The molecule has 4 nitrogen and oxygen atoms in total. The zero-order chi connectivity index (χ0) is 15.5. The minimum absolute atomic E-state index is 0.0196. The van der Waals surface area contributed by atoms with Crippen molar-refractivity contribution in [2.45, 2.75) is 57.3 Å². The number of aliphatic hydroxyl groups is 1. The quantitative estimate of drug-likeness (QED) is 0.607. The van der Waals surface area contributed by atoms with Gasteiger partial charge in [0.1, 0.15) is 0 Å². The van der Waals surface area contributed by atoms with Gasteiger partial charge in [-0.1, -0.05) is 19.8 Å². The summed E-state index contributed by atoms with van der Waals surface area (Å²) < 4.78 is 0.282. The Morgan fingerprint density at radius 1 is 1.38 bits per heavy atom. The fourth-order valence-corrected chi connectivity index (χ4v) is 4.51. The number of hydrogen-bond acceptors (Lipinski definition) is 3. The molecule has 0 aromatic heterocycles. The minimum Gasteiger partial charge on any atom is -0.392 e. The van der Waals surface area contributed by atoms with Crippen LogP contribution in [0.3, 0.4) is 0 Å². The fourth-order valence-electron chi connectivity index (χ4n) is 3.40. The second-order valence-electron chi connectivity index (χ2n) is 7.35. The molecule has 1 saturated heterocycles. The molecule has 21 heavy (non-hydrogen) atoms. The second kappa shape index (κ2) is 6.78. The Balaban J connectivity index is 1.93. The van der Waals surface area contributed by atoms with Gasteiger partial charge in [0.05, 0.1) is 6.10 Å². The molecular formula is C16H31N3OS. The summed E-state index contributed by atoms with van der Waals surface area (Å²) in [5, 5.41) is 13.8. The number of guanidine groups is 1. The van der Waals surface area contributed by atoms with Crippen LogP contribution in [0.5, 0.6) is 0 Å². The topological polar surface area (TPSA) is 47.9 Å². The van der Waals surface area contributed by atoms with E-state index in [0.717, 1.165) is 50.6 Å². The third kappa shape index (κ3) is 4.28. The van der Waals surface area contributed by atoms with Gasteiger partial charge in [0.25, 0.3) is 0 Å². The molecule has 2 fully saturated rings. The van der Waals surface area contributed by atoms with E-state index in [1.54, 1.807) is 0 Å². The van der Waals surface area contributed by atoms with Gasteiger partial charge in [0, 0.05) is 42.6 Å². The molecule has 2 N–H and O–H groups in total. The van der Waals surface area contributed by atoms with Crippen molar-refractivity contribution in [3.8, 4) is 0 Å². The maximum Gasteiger partial charge on any atom is 0.193 e. The molecule has 0 amide bonds. The predicted molar refractivity (Wildman–Crippen MR) is 92.1 cm³/mol. The van der Waals surface area contributed by atoms with Crippen LogP contribution in [0.4, 0.5) is 0 Å². The Hall–Kier alpha value is -0.420. The number of rotatable bonds is 2. The Morgan fingerprint density at radius 3 is 2.76 bits per heavy atom. The van der Waals surface area contributed by atoms with Gasteiger partial charge in [-0.15, -0.1) is 0 Å². The average Bonchev–Trinajstić information content (AvgIpc) is 2.42. The van der Waals surface area contributed by atoms with E-state index < -0.39 is 0 Å². The van der Waals surface area contributed by atoms with Gasteiger partial charge in [-0.05, 0) is 26.7 Å². The minimum atomic E-state index is -0.190. The Bertz CT molecular complexity index is 386. The first-order valence-corrected chi connectivity index (χ1v) is 9.12. The summed E-state index contributed by atoms with van der Waals surface area (Å²) in [6.07, 6.45) is 4.22. The highest BCUT2D eigenvalue weighted by molar-refractivity contribution is 8.00. The van der Waals surface area contributed by atoms with Crippen molar-refractivity contribution in [2.75, 3.05) is 32.4 Å². The molecule has 1 aliphatic heterocycles. The van der Waals surface area contributed by atoms with Crippen molar-refractivity contribution in [2.24, 2.45) is 10.4 Å². The van der Waals surface area contributed by atoms with E-state index in [-0.39, 0.29) is 16.3 Å². The smallest absolute Gasteiger partial charge is 0.193 e. The molecule has 0 spiro atoms. The number of aliphatic imine (C=N–C) groups is 1. The first-order valence-electron chi connectivity index (χ1n) is 8.14. The van der Waals surface area contributed by atoms with Gasteiger partial charge in [-0.25, -0.2) is 0 Å². The third-order valence-electron chi connectivity index (χ3n) is 4.87. The number of aliphatic hydroxyl groups excluding tert-OH is 1. The van der Waals surface area contributed by atoms with E-state index in [1.807, 2.05) is 18.8 Å². The zero-order valence-corrected chi connectivity index (χ0v) is 14.8. The molecule has 1 heterocycles. The molecule has 5 heteroatoms. The van der Waals surface area contributed by atoms with Gasteiger partial charge >= 0.3 is 0 Å². The fraction of sp³-hybridized carbons (Fsp3) is 0.938. The molecule has 2 aliphatic rings. The van der Waals surface area contributed by atoms with Crippen molar-refractivity contribution in [3.63, 3.8) is 0 Å². The van der Waals surface area contributed by atoms with Gasteiger partial charge < -0.3 is 15.3 Å². The maximum absolute atomic E-state index is 10.3. The number of nitrogens with one attached hydrogen (secondary N) is 1. The van der Waals surface area contributed by atoms with E-state index in [2.05, 4.69) is 36.0 Å². The van der Waals surface area contributed by atoms with Crippen molar-refractivity contribution < 1.29 is 5.11 Å². The highest BCUT2D eigenvalue weighted by atomic mass is 32.2. The van der Waals surface area contributed by atoms with Crippen molar-refractivity contribution in [3.05, 3.63) is 0 Å². The van der Waals surface area contributed by atoms with Crippen molar-refractivity contribution >= 4 is 17.7 Å². The zero-order valence-electron chi connectivity index (χ0n) is 14.0. The van der Waals surface area contributed by atoms with Crippen LogP contribution in [-0.4, -0.2) is 59.3 Å². The van der Waals surface area contributed by atoms with E-state index in [9.17, 15) is 5.11 Å².